The van der Waals surface area contributed by atoms with E-state index in [1.54, 1.807) is 0 Å². The van der Waals surface area contributed by atoms with Crippen molar-refractivity contribution in [2.45, 2.75) is 63.8 Å². The molecule has 0 bridgehead atoms. The van der Waals surface area contributed by atoms with Crippen molar-refractivity contribution in [2.24, 2.45) is 0 Å². The van der Waals surface area contributed by atoms with Gasteiger partial charge in [-0.1, -0.05) is 0 Å². The van der Waals surface area contributed by atoms with Crippen LogP contribution in [0.3, 0.4) is 0 Å². The SMILES string of the molecule is CC(C)(C)OC1(C([NH])=O)CCC(O)CC1. The molecular weight excluding hydrogens is 194 g/mol. The highest BCUT2D eigenvalue weighted by Crippen LogP contribution is 2.35. The van der Waals surface area contributed by atoms with Gasteiger partial charge in [0.1, 0.15) is 5.60 Å². The largest absolute Gasteiger partial charge is 0.393 e. The van der Waals surface area contributed by atoms with Crippen LogP contribution in [-0.2, 0) is 9.53 Å². The third-order valence-corrected chi connectivity index (χ3v) is 2.68. The number of amides is 1. The molecule has 0 aliphatic heterocycles. The Kier molecular flexibility index (Phi) is 3.41. The van der Waals surface area contributed by atoms with Gasteiger partial charge in [0.15, 0.2) is 0 Å². The smallest absolute Gasteiger partial charge is 0.270 e. The molecule has 1 amide bonds. The molecule has 4 nitrogen and oxygen atoms in total. The molecule has 87 valence electrons. The summed E-state index contributed by atoms with van der Waals surface area (Å²) in [6.45, 7) is 5.63. The lowest BCUT2D eigenvalue weighted by Crippen LogP contribution is -2.50. The molecule has 0 aromatic carbocycles. The minimum Gasteiger partial charge on any atom is -0.393 e. The Morgan fingerprint density at radius 3 is 2.20 bits per heavy atom. The van der Waals surface area contributed by atoms with E-state index in [0.29, 0.717) is 25.7 Å². The Morgan fingerprint density at radius 1 is 1.40 bits per heavy atom. The molecule has 15 heavy (non-hydrogen) atoms. The van der Waals surface area contributed by atoms with Crippen LogP contribution in [0.15, 0.2) is 0 Å². The van der Waals surface area contributed by atoms with E-state index in [9.17, 15) is 9.90 Å². The Labute approximate surface area is 90.8 Å². The third-order valence-electron chi connectivity index (χ3n) is 2.68. The predicted octanol–water partition coefficient (Wildman–Crippen LogP) is 1.28. The lowest BCUT2D eigenvalue weighted by atomic mass is 9.82. The monoisotopic (exact) mass is 214 g/mol. The highest BCUT2D eigenvalue weighted by molar-refractivity contribution is 5.83. The van der Waals surface area contributed by atoms with Crippen LogP contribution in [0.2, 0.25) is 0 Å². The maximum Gasteiger partial charge on any atom is 0.270 e. The van der Waals surface area contributed by atoms with E-state index >= 15 is 0 Å². The normalized spacial score (nSPS) is 32.7. The Hall–Kier alpha value is -0.610. The van der Waals surface area contributed by atoms with Gasteiger partial charge in [-0.05, 0) is 46.5 Å². The average Bonchev–Trinajstić information content (AvgIpc) is 2.06. The summed E-state index contributed by atoms with van der Waals surface area (Å²) in [7, 11) is 0. The second kappa shape index (κ2) is 4.10. The summed E-state index contributed by atoms with van der Waals surface area (Å²) in [6, 6.07) is 0. The molecule has 1 aliphatic rings. The van der Waals surface area contributed by atoms with Crippen molar-refractivity contribution in [3.05, 3.63) is 0 Å². The van der Waals surface area contributed by atoms with Gasteiger partial charge in [0.2, 0.25) is 0 Å². The van der Waals surface area contributed by atoms with Gasteiger partial charge in [0.25, 0.3) is 5.91 Å². The number of aliphatic hydroxyl groups is 1. The fourth-order valence-corrected chi connectivity index (χ4v) is 2.03. The number of hydrogen-bond donors (Lipinski definition) is 1. The summed E-state index contributed by atoms with van der Waals surface area (Å²) in [5.74, 6) is -0.663. The molecule has 0 spiro atoms. The van der Waals surface area contributed by atoms with Crippen molar-refractivity contribution in [1.82, 2.24) is 5.73 Å². The molecule has 4 heteroatoms. The van der Waals surface area contributed by atoms with E-state index in [1.165, 1.54) is 0 Å². The quantitative estimate of drug-likeness (QED) is 0.752. The summed E-state index contributed by atoms with van der Waals surface area (Å²) in [5, 5.41) is 9.39. The Balaban J connectivity index is 2.76. The van der Waals surface area contributed by atoms with E-state index < -0.39 is 17.1 Å². The number of ether oxygens (including phenoxy) is 1. The molecule has 0 aromatic heterocycles. The highest BCUT2D eigenvalue weighted by atomic mass is 16.5. The maximum atomic E-state index is 11.4. The van der Waals surface area contributed by atoms with Crippen molar-refractivity contribution in [3.63, 3.8) is 0 Å². The van der Waals surface area contributed by atoms with E-state index in [-0.39, 0.29) is 6.10 Å². The van der Waals surface area contributed by atoms with Gasteiger partial charge in [-0.3, -0.25) is 10.5 Å². The number of aliphatic hydroxyl groups excluding tert-OH is 1. The lowest BCUT2D eigenvalue weighted by Gasteiger charge is -2.40. The summed E-state index contributed by atoms with van der Waals surface area (Å²) in [4.78, 5) is 11.4. The van der Waals surface area contributed by atoms with Crippen molar-refractivity contribution >= 4 is 5.91 Å². The molecule has 1 aliphatic carbocycles. The van der Waals surface area contributed by atoms with Crippen LogP contribution in [0.25, 0.3) is 0 Å². The molecule has 0 saturated heterocycles. The zero-order valence-electron chi connectivity index (χ0n) is 9.67. The number of carbonyl (C=O) groups excluding carboxylic acids is 1. The lowest BCUT2D eigenvalue weighted by molar-refractivity contribution is -0.177. The Bertz CT molecular complexity index is 237. The van der Waals surface area contributed by atoms with Crippen molar-refractivity contribution in [1.29, 1.82) is 0 Å². The molecule has 1 saturated carbocycles. The average molecular weight is 214 g/mol. The van der Waals surface area contributed by atoms with Crippen molar-refractivity contribution in [2.75, 3.05) is 0 Å². The molecule has 2 N–H and O–H groups in total. The Morgan fingerprint density at radius 2 is 1.87 bits per heavy atom. The fraction of sp³-hybridized carbons (Fsp3) is 0.909. The van der Waals surface area contributed by atoms with Gasteiger partial charge in [-0.25, -0.2) is 0 Å². The van der Waals surface area contributed by atoms with Crippen molar-refractivity contribution in [3.8, 4) is 0 Å². The molecule has 1 radical (unpaired) electrons. The fourth-order valence-electron chi connectivity index (χ4n) is 2.03. The summed E-state index contributed by atoms with van der Waals surface area (Å²) < 4.78 is 5.73. The second-order valence-corrected chi connectivity index (χ2v) is 5.27. The van der Waals surface area contributed by atoms with E-state index in [1.807, 2.05) is 20.8 Å². The third kappa shape index (κ3) is 3.18. The van der Waals surface area contributed by atoms with Gasteiger partial charge in [-0.2, -0.15) is 0 Å². The standard InChI is InChI=1S/C11H20NO3/c1-10(2,3)15-11(9(12)14)6-4-8(13)5-7-11/h8,12-13H,4-7H2,1-3H3. The first-order valence-corrected chi connectivity index (χ1v) is 5.39. The number of nitrogens with one attached hydrogen (secondary N) is 1. The van der Waals surface area contributed by atoms with Crippen LogP contribution in [0.4, 0.5) is 0 Å². The zero-order valence-corrected chi connectivity index (χ0v) is 9.67. The van der Waals surface area contributed by atoms with Crippen LogP contribution in [0.1, 0.15) is 46.5 Å². The minimum atomic E-state index is -0.989. The van der Waals surface area contributed by atoms with Crippen LogP contribution in [0.5, 0.6) is 0 Å². The van der Waals surface area contributed by atoms with Crippen LogP contribution < -0.4 is 5.73 Å². The van der Waals surface area contributed by atoms with Crippen LogP contribution >= 0.6 is 0 Å². The van der Waals surface area contributed by atoms with Crippen LogP contribution in [0, 0.1) is 0 Å². The molecule has 1 fully saturated rings. The molecule has 0 heterocycles. The van der Waals surface area contributed by atoms with Gasteiger partial charge in [0.05, 0.1) is 11.7 Å². The van der Waals surface area contributed by atoms with Crippen molar-refractivity contribution < 1.29 is 14.6 Å². The first-order valence-electron chi connectivity index (χ1n) is 5.39. The number of hydrogen-bond acceptors (Lipinski definition) is 3. The molecule has 1 rings (SSSR count). The first-order chi connectivity index (χ1) is 6.75. The minimum absolute atomic E-state index is 0.346. The molecule has 0 unspecified atom stereocenters. The number of rotatable bonds is 2. The first kappa shape index (κ1) is 12.5. The van der Waals surface area contributed by atoms with Gasteiger partial charge < -0.3 is 9.84 Å². The second-order valence-electron chi connectivity index (χ2n) is 5.27. The van der Waals surface area contributed by atoms with Gasteiger partial charge in [0, 0.05) is 0 Å². The summed E-state index contributed by atoms with van der Waals surface area (Å²) in [5.41, 5.74) is 5.90. The zero-order chi connectivity index (χ0) is 11.7. The highest BCUT2D eigenvalue weighted by Gasteiger charge is 2.44. The molecule has 0 atom stereocenters. The van der Waals surface area contributed by atoms with E-state index in [0.717, 1.165) is 0 Å². The summed E-state index contributed by atoms with van der Waals surface area (Å²) >= 11 is 0. The maximum absolute atomic E-state index is 11.4. The van der Waals surface area contributed by atoms with Crippen LogP contribution in [-0.4, -0.2) is 28.3 Å². The van der Waals surface area contributed by atoms with Gasteiger partial charge in [-0.15, -0.1) is 0 Å². The number of carbonyl (C=O) groups is 1. The summed E-state index contributed by atoms with van der Waals surface area (Å²) in [6.07, 6.45) is 1.64. The topological polar surface area (TPSA) is 70.3 Å². The van der Waals surface area contributed by atoms with Gasteiger partial charge >= 0.3 is 0 Å². The molecular formula is C11H20NO3. The molecule has 0 aromatic rings. The predicted molar refractivity (Wildman–Crippen MR) is 56.1 cm³/mol. The van der Waals surface area contributed by atoms with E-state index in [2.05, 4.69) is 0 Å². The van der Waals surface area contributed by atoms with E-state index in [4.69, 9.17) is 10.5 Å².